The molecule has 212 valence electrons. The van der Waals surface area contributed by atoms with Crippen molar-refractivity contribution in [3.8, 4) is 5.75 Å². The molecule has 0 aromatic heterocycles. The Kier molecular flexibility index (Phi) is 6.69. The standard InChI is InChI=1S/C29H35N3O7.2H2/c1-4-14-10-16(13-32-8-6-5-7-9-32)23(33)20-17(14)11-15-12-18-22(31(2)3)25(35)21(28(30)38)27(37)29(18,39)26(36)19(15)24(20)34;;/h5-6,10,15,18,22,33-34,37,39H,4,7-9,11-13H2,1-3H3,(H2,30,38);2*1H/t15?,18?,22-,29-;;/m0../s1. The molecule has 1 heterocycles. The molecule has 0 spiro atoms. The van der Waals surface area contributed by atoms with E-state index in [2.05, 4.69) is 17.1 Å². The Hall–Kier alpha value is -3.47. The van der Waals surface area contributed by atoms with Crippen molar-refractivity contribution in [2.75, 3.05) is 27.2 Å². The maximum absolute atomic E-state index is 14.0. The van der Waals surface area contributed by atoms with Crippen LogP contribution in [-0.2, 0) is 33.8 Å². The van der Waals surface area contributed by atoms with Crippen LogP contribution in [0, 0.1) is 11.8 Å². The zero-order valence-electron chi connectivity index (χ0n) is 22.4. The molecule has 39 heavy (non-hydrogen) atoms. The average Bonchev–Trinajstić information content (AvgIpc) is 2.88. The third kappa shape index (κ3) is 3.92. The maximum Gasteiger partial charge on any atom is 0.255 e. The van der Waals surface area contributed by atoms with E-state index in [-0.39, 0.29) is 26.2 Å². The summed E-state index contributed by atoms with van der Waals surface area (Å²) in [6.45, 7) is 4.01. The zero-order chi connectivity index (χ0) is 28.4. The molecule has 2 unspecified atom stereocenters. The molecule has 1 amide bonds. The number of hydrogen-bond acceptors (Lipinski definition) is 9. The number of ketones is 2. The summed E-state index contributed by atoms with van der Waals surface area (Å²) in [6.07, 6.45) is 6.10. The predicted molar refractivity (Wildman–Crippen MR) is 147 cm³/mol. The molecule has 1 fully saturated rings. The largest absolute Gasteiger partial charge is 0.508 e. The van der Waals surface area contributed by atoms with Gasteiger partial charge in [0, 0.05) is 39.5 Å². The minimum absolute atomic E-state index is 0. The Morgan fingerprint density at radius 2 is 1.92 bits per heavy atom. The summed E-state index contributed by atoms with van der Waals surface area (Å²) in [6, 6.07) is 0.856. The van der Waals surface area contributed by atoms with E-state index in [1.165, 1.54) is 4.90 Å². The number of Topliss-reactive ketones (excluding diaryl/α,β-unsaturated/α-hetero) is 2. The van der Waals surface area contributed by atoms with Crippen LogP contribution in [0.5, 0.6) is 5.75 Å². The second kappa shape index (κ2) is 9.62. The summed E-state index contributed by atoms with van der Waals surface area (Å²) in [5.74, 6) is -6.30. The highest BCUT2D eigenvalue weighted by Gasteiger charge is 2.64. The molecule has 3 aliphatic carbocycles. The van der Waals surface area contributed by atoms with Crippen LogP contribution in [0.2, 0.25) is 0 Å². The molecule has 6 N–H and O–H groups in total. The highest BCUT2D eigenvalue weighted by Crippen LogP contribution is 2.53. The van der Waals surface area contributed by atoms with Crippen molar-refractivity contribution in [2.45, 2.75) is 50.8 Å². The molecule has 1 aliphatic heterocycles. The van der Waals surface area contributed by atoms with Gasteiger partial charge in [0.25, 0.3) is 5.91 Å². The first-order valence-corrected chi connectivity index (χ1v) is 13.3. The molecule has 5 rings (SSSR count). The molecule has 1 aromatic rings. The van der Waals surface area contributed by atoms with Crippen molar-refractivity contribution in [3.05, 3.63) is 57.4 Å². The number of aryl methyl sites for hydroxylation is 1. The van der Waals surface area contributed by atoms with Gasteiger partial charge in [-0.2, -0.15) is 0 Å². The molecule has 10 nitrogen and oxygen atoms in total. The van der Waals surface area contributed by atoms with E-state index in [1.807, 2.05) is 13.0 Å². The lowest BCUT2D eigenvalue weighted by atomic mass is 9.57. The number of amides is 1. The Balaban J connectivity index is 0.00000231. The summed E-state index contributed by atoms with van der Waals surface area (Å²) in [5, 5.41) is 45.6. The second-order valence-electron chi connectivity index (χ2n) is 11.2. The summed E-state index contributed by atoms with van der Waals surface area (Å²) in [7, 11) is 3.17. The highest BCUT2D eigenvalue weighted by molar-refractivity contribution is 6.24. The third-order valence-corrected chi connectivity index (χ3v) is 8.81. The Bertz CT molecular complexity index is 1390. The molecule has 0 radical (unpaired) electrons. The topological polar surface area (TPSA) is 165 Å². The first kappa shape index (κ1) is 27.1. The number of aromatic hydroxyl groups is 1. The number of carbonyl (C=O) groups is 3. The fraction of sp³-hybridized carbons (Fsp3) is 0.483. The number of fused-ring (bicyclic) bond motifs is 3. The molecule has 10 heteroatoms. The minimum Gasteiger partial charge on any atom is -0.508 e. The molecule has 0 saturated heterocycles. The second-order valence-corrected chi connectivity index (χ2v) is 11.2. The van der Waals surface area contributed by atoms with Gasteiger partial charge in [0.1, 0.15) is 22.8 Å². The Labute approximate surface area is 229 Å². The van der Waals surface area contributed by atoms with Crippen LogP contribution in [-0.4, -0.2) is 86.5 Å². The van der Waals surface area contributed by atoms with Gasteiger partial charge in [-0.15, -0.1) is 0 Å². The molecule has 1 aromatic carbocycles. The van der Waals surface area contributed by atoms with E-state index in [1.54, 1.807) is 14.1 Å². The molecule has 1 saturated carbocycles. The number of phenolic OH excluding ortho intramolecular Hbond substituents is 1. The molecular formula is C29H39N3O7. The molecule has 4 aliphatic rings. The number of rotatable bonds is 5. The van der Waals surface area contributed by atoms with Crippen LogP contribution in [0.3, 0.4) is 0 Å². The van der Waals surface area contributed by atoms with Gasteiger partial charge < -0.3 is 26.2 Å². The van der Waals surface area contributed by atoms with Gasteiger partial charge in [-0.25, -0.2) is 0 Å². The van der Waals surface area contributed by atoms with Crippen molar-refractivity contribution < 1.29 is 37.7 Å². The number of hydrogen-bond donors (Lipinski definition) is 5. The van der Waals surface area contributed by atoms with Crippen molar-refractivity contribution in [1.82, 2.24) is 9.80 Å². The maximum atomic E-state index is 14.0. The lowest BCUT2D eigenvalue weighted by Crippen LogP contribution is -2.65. The van der Waals surface area contributed by atoms with Crippen molar-refractivity contribution in [2.24, 2.45) is 17.6 Å². The Morgan fingerprint density at radius 3 is 2.51 bits per heavy atom. The van der Waals surface area contributed by atoms with Gasteiger partial charge >= 0.3 is 0 Å². The van der Waals surface area contributed by atoms with Crippen LogP contribution >= 0.6 is 0 Å². The number of aliphatic hydroxyl groups excluding tert-OH is 2. The van der Waals surface area contributed by atoms with E-state index in [0.717, 1.165) is 30.6 Å². The van der Waals surface area contributed by atoms with Gasteiger partial charge in [0.05, 0.1) is 11.6 Å². The van der Waals surface area contributed by atoms with Gasteiger partial charge in [-0.05, 0) is 56.8 Å². The number of phenols is 1. The fourth-order valence-corrected chi connectivity index (χ4v) is 6.96. The molecular weight excluding hydrogens is 502 g/mol. The van der Waals surface area contributed by atoms with Gasteiger partial charge in [-0.1, -0.05) is 25.1 Å². The van der Waals surface area contributed by atoms with E-state index >= 15 is 0 Å². The van der Waals surface area contributed by atoms with Crippen LogP contribution < -0.4 is 5.73 Å². The molecule has 0 bridgehead atoms. The lowest BCUT2D eigenvalue weighted by Gasteiger charge is -2.50. The summed E-state index contributed by atoms with van der Waals surface area (Å²) in [5.41, 5.74) is 4.26. The third-order valence-electron chi connectivity index (χ3n) is 8.81. The fourth-order valence-electron chi connectivity index (χ4n) is 6.96. The van der Waals surface area contributed by atoms with Crippen molar-refractivity contribution >= 4 is 23.2 Å². The van der Waals surface area contributed by atoms with E-state index in [9.17, 15) is 34.8 Å². The lowest BCUT2D eigenvalue weighted by molar-refractivity contribution is -0.153. The average molecular weight is 542 g/mol. The smallest absolute Gasteiger partial charge is 0.255 e. The summed E-state index contributed by atoms with van der Waals surface area (Å²) in [4.78, 5) is 43.0. The van der Waals surface area contributed by atoms with E-state index in [0.29, 0.717) is 24.9 Å². The number of nitrogens with zero attached hydrogens (tertiary/aromatic N) is 2. The Morgan fingerprint density at radius 1 is 1.21 bits per heavy atom. The monoisotopic (exact) mass is 541 g/mol. The van der Waals surface area contributed by atoms with Crippen LogP contribution in [0.4, 0.5) is 0 Å². The van der Waals surface area contributed by atoms with Gasteiger partial charge in [0.15, 0.2) is 11.4 Å². The number of carbonyl (C=O) groups excluding carboxylic acids is 3. The normalized spacial score (nSPS) is 29.0. The zero-order valence-corrected chi connectivity index (χ0v) is 22.4. The van der Waals surface area contributed by atoms with Crippen molar-refractivity contribution in [1.29, 1.82) is 0 Å². The minimum atomic E-state index is -2.63. The van der Waals surface area contributed by atoms with Crippen LogP contribution in [0.25, 0.3) is 5.76 Å². The predicted octanol–water partition coefficient (Wildman–Crippen LogP) is 1.78. The van der Waals surface area contributed by atoms with Crippen LogP contribution in [0.15, 0.2) is 35.1 Å². The number of benzene rings is 1. The number of aliphatic hydroxyl groups is 3. The van der Waals surface area contributed by atoms with Crippen molar-refractivity contribution in [3.63, 3.8) is 0 Å². The summed E-state index contributed by atoms with van der Waals surface area (Å²) < 4.78 is 0. The number of likely N-dealkylation sites (N-methyl/N-ethyl adjacent to an activating group) is 1. The first-order chi connectivity index (χ1) is 18.4. The van der Waals surface area contributed by atoms with Gasteiger partial charge in [-0.3, -0.25) is 24.2 Å². The van der Waals surface area contributed by atoms with Crippen LogP contribution in [0.1, 0.15) is 44.9 Å². The van der Waals surface area contributed by atoms with Gasteiger partial charge in [0.2, 0.25) is 5.78 Å². The first-order valence-electron chi connectivity index (χ1n) is 13.3. The SMILES string of the molecule is CCc1cc(CN2CC=CCC2)c(O)c2c1CC1CC3[C@H](N(C)C)C(=O)C(C(N)=O)=C(O)[C@@]3(O)C(=O)C1=C2O.[HH].[HH]. The highest BCUT2D eigenvalue weighted by atomic mass is 16.3. The number of nitrogens with two attached hydrogens (primary N) is 1. The van der Waals surface area contributed by atoms with E-state index < -0.39 is 58.0 Å². The number of primary amides is 1. The van der Waals surface area contributed by atoms with E-state index in [4.69, 9.17) is 5.73 Å². The summed E-state index contributed by atoms with van der Waals surface area (Å²) >= 11 is 0. The molecule has 4 atom stereocenters. The quantitative estimate of drug-likeness (QED) is 0.276.